The number of hydrogen-bond acceptors (Lipinski definition) is 4. The van der Waals surface area contributed by atoms with Crippen molar-refractivity contribution in [3.63, 3.8) is 0 Å². The molecule has 1 saturated heterocycles. The summed E-state index contributed by atoms with van der Waals surface area (Å²) < 4.78 is 3.10. The summed E-state index contributed by atoms with van der Waals surface area (Å²) in [7, 11) is 0. The largest absolute Gasteiger partial charge is 0.341 e. The molecule has 3 aromatic rings. The lowest BCUT2D eigenvalue weighted by Gasteiger charge is -2.31. The third kappa shape index (κ3) is 4.19. The van der Waals surface area contributed by atoms with Crippen molar-refractivity contribution in [2.45, 2.75) is 45.7 Å². The number of piperidine rings is 1. The number of rotatable bonds is 5. The minimum Gasteiger partial charge on any atom is -0.341 e. The van der Waals surface area contributed by atoms with Crippen LogP contribution >= 0.6 is 11.3 Å². The zero-order valence-corrected chi connectivity index (χ0v) is 17.7. The van der Waals surface area contributed by atoms with Gasteiger partial charge in [0.2, 0.25) is 5.91 Å². The van der Waals surface area contributed by atoms with E-state index in [9.17, 15) is 9.59 Å². The number of nitrogens with zero attached hydrogens (tertiary/aromatic N) is 4. The molecule has 1 fully saturated rings. The van der Waals surface area contributed by atoms with Crippen molar-refractivity contribution in [1.29, 1.82) is 0 Å². The fraction of sp³-hybridized carbons (Fsp3) is 0.409. The third-order valence-electron chi connectivity index (χ3n) is 5.62. The van der Waals surface area contributed by atoms with Gasteiger partial charge in [0, 0.05) is 48.9 Å². The van der Waals surface area contributed by atoms with Gasteiger partial charge >= 0.3 is 5.69 Å². The summed E-state index contributed by atoms with van der Waals surface area (Å²) in [6, 6.07) is 8.42. The summed E-state index contributed by atoms with van der Waals surface area (Å²) in [6.45, 7) is 6.17. The van der Waals surface area contributed by atoms with Crippen molar-refractivity contribution in [1.82, 2.24) is 19.0 Å². The zero-order chi connectivity index (χ0) is 20.4. The number of likely N-dealkylation sites (tertiary alicyclic amines) is 1. The number of carbonyl (C=O) groups excluding carboxylic acids is 1. The summed E-state index contributed by atoms with van der Waals surface area (Å²) in [4.78, 5) is 31.5. The Morgan fingerprint density at radius 1 is 1.21 bits per heavy atom. The Morgan fingerprint density at radius 3 is 2.66 bits per heavy atom. The summed E-state index contributed by atoms with van der Waals surface area (Å²) in [6.07, 6.45) is 5.25. The van der Waals surface area contributed by atoms with Gasteiger partial charge in [0.1, 0.15) is 11.6 Å². The predicted molar refractivity (Wildman–Crippen MR) is 115 cm³/mol. The summed E-state index contributed by atoms with van der Waals surface area (Å²) in [5, 5.41) is 3.22. The fourth-order valence-electron chi connectivity index (χ4n) is 3.87. The van der Waals surface area contributed by atoms with Crippen LogP contribution in [0.3, 0.4) is 0 Å². The summed E-state index contributed by atoms with van der Waals surface area (Å²) >= 11 is 1.69. The van der Waals surface area contributed by atoms with Gasteiger partial charge < -0.3 is 4.90 Å². The standard InChI is InChI=1S/C22H26N4O2S/c1-3-24-11-12-26(22(24)28)14-20(27)25-9-7-17(8-10-25)19-15-29-21(23-19)18-6-4-5-16(2)13-18/h4-6,11-13,15,17H,3,7-10,14H2,1-2H3. The first-order chi connectivity index (χ1) is 14.0. The fourth-order valence-corrected chi connectivity index (χ4v) is 4.77. The van der Waals surface area contributed by atoms with Crippen molar-refractivity contribution < 1.29 is 4.79 Å². The van der Waals surface area contributed by atoms with Gasteiger partial charge in [-0.05, 0) is 32.8 Å². The van der Waals surface area contributed by atoms with E-state index in [0.29, 0.717) is 25.6 Å². The van der Waals surface area contributed by atoms with Gasteiger partial charge in [0.05, 0.1) is 5.69 Å². The number of amides is 1. The van der Waals surface area contributed by atoms with E-state index in [4.69, 9.17) is 4.98 Å². The summed E-state index contributed by atoms with van der Waals surface area (Å²) in [5.74, 6) is 0.399. The Morgan fingerprint density at radius 2 is 1.97 bits per heavy atom. The molecule has 6 nitrogen and oxygen atoms in total. The Kier molecular flexibility index (Phi) is 5.67. The number of aryl methyl sites for hydroxylation is 2. The van der Waals surface area contributed by atoms with Gasteiger partial charge in [-0.15, -0.1) is 11.3 Å². The van der Waals surface area contributed by atoms with Crippen LogP contribution in [-0.4, -0.2) is 38.0 Å². The molecular formula is C22H26N4O2S. The normalized spacial score (nSPS) is 15.0. The Hall–Kier alpha value is -2.67. The molecular weight excluding hydrogens is 384 g/mol. The molecule has 0 radical (unpaired) electrons. The molecule has 4 rings (SSSR count). The number of imidazole rings is 1. The average molecular weight is 411 g/mol. The maximum absolute atomic E-state index is 12.6. The van der Waals surface area contributed by atoms with Crippen LogP contribution < -0.4 is 5.69 Å². The SMILES string of the molecule is CCn1ccn(CC(=O)N2CCC(c3csc(-c4cccc(C)c4)n3)CC2)c1=O. The van der Waals surface area contributed by atoms with Gasteiger partial charge in [0.15, 0.2) is 0 Å². The highest BCUT2D eigenvalue weighted by molar-refractivity contribution is 7.13. The molecule has 0 atom stereocenters. The van der Waals surface area contributed by atoms with Crippen molar-refractivity contribution in [3.8, 4) is 10.6 Å². The molecule has 1 aromatic carbocycles. The molecule has 152 valence electrons. The number of thiazole rings is 1. The number of benzene rings is 1. The smallest absolute Gasteiger partial charge is 0.328 e. The van der Waals surface area contributed by atoms with Crippen LogP contribution in [0.25, 0.3) is 10.6 Å². The maximum atomic E-state index is 12.6. The highest BCUT2D eigenvalue weighted by atomic mass is 32.1. The molecule has 7 heteroatoms. The second-order valence-corrected chi connectivity index (χ2v) is 8.45. The first kappa shape index (κ1) is 19.6. The lowest BCUT2D eigenvalue weighted by Crippen LogP contribution is -2.41. The van der Waals surface area contributed by atoms with Crippen LogP contribution in [-0.2, 0) is 17.9 Å². The Balaban J connectivity index is 1.36. The van der Waals surface area contributed by atoms with E-state index in [0.717, 1.165) is 23.5 Å². The van der Waals surface area contributed by atoms with Crippen LogP contribution in [0.1, 0.15) is 36.9 Å². The highest BCUT2D eigenvalue weighted by Crippen LogP contribution is 2.32. The number of aromatic nitrogens is 3. The third-order valence-corrected chi connectivity index (χ3v) is 6.53. The molecule has 1 aliphatic heterocycles. The molecule has 0 unspecified atom stereocenters. The van der Waals surface area contributed by atoms with E-state index in [1.165, 1.54) is 15.7 Å². The van der Waals surface area contributed by atoms with Crippen LogP contribution in [0.15, 0.2) is 46.8 Å². The van der Waals surface area contributed by atoms with E-state index < -0.39 is 0 Å². The number of hydrogen-bond donors (Lipinski definition) is 0. The van der Waals surface area contributed by atoms with Gasteiger partial charge in [0.25, 0.3) is 0 Å². The van der Waals surface area contributed by atoms with Crippen LogP contribution in [0.5, 0.6) is 0 Å². The lowest BCUT2D eigenvalue weighted by atomic mass is 9.94. The molecule has 0 aliphatic carbocycles. The lowest BCUT2D eigenvalue weighted by molar-refractivity contribution is -0.132. The molecule has 29 heavy (non-hydrogen) atoms. The van der Waals surface area contributed by atoms with Gasteiger partial charge in [-0.3, -0.25) is 13.9 Å². The van der Waals surface area contributed by atoms with Gasteiger partial charge in [-0.1, -0.05) is 23.8 Å². The van der Waals surface area contributed by atoms with E-state index in [1.54, 1.807) is 28.3 Å². The second-order valence-electron chi connectivity index (χ2n) is 7.60. The summed E-state index contributed by atoms with van der Waals surface area (Å²) in [5.41, 5.74) is 3.41. The van der Waals surface area contributed by atoms with Crippen LogP contribution in [0.2, 0.25) is 0 Å². The molecule has 0 bridgehead atoms. The molecule has 1 aliphatic rings. The minimum absolute atomic E-state index is 0.0122. The van der Waals surface area contributed by atoms with E-state index >= 15 is 0 Å². The second kappa shape index (κ2) is 8.37. The quantitative estimate of drug-likeness (QED) is 0.647. The Bertz CT molecular complexity index is 1060. The van der Waals surface area contributed by atoms with E-state index in [1.807, 2.05) is 11.8 Å². The molecule has 2 aromatic heterocycles. The minimum atomic E-state index is -0.123. The van der Waals surface area contributed by atoms with Gasteiger partial charge in [-0.25, -0.2) is 9.78 Å². The average Bonchev–Trinajstić information content (AvgIpc) is 3.36. The van der Waals surface area contributed by atoms with Crippen molar-refractivity contribution in [2.24, 2.45) is 0 Å². The first-order valence-electron chi connectivity index (χ1n) is 10.1. The van der Waals surface area contributed by atoms with Crippen LogP contribution in [0.4, 0.5) is 0 Å². The molecule has 0 spiro atoms. The van der Waals surface area contributed by atoms with E-state index in [-0.39, 0.29) is 18.1 Å². The molecule has 0 saturated carbocycles. The predicted octanol–water partition coefficient (Wildman–Crippen LogP) is 3.51. The van der Waals surface area contributed by atoms with Crippen molar-refractivity contribution in [2.75, 3.05) is 13.1 Å². The highest BCUT2D eigenvalue weighted by Gasteiger charge is 2.26. The Labute approximate surface area is 174 Å². The molecule has 1 amide bonds. The first-order valence-corrected chi connectivity index (χ1v) is 11.0. The zero-order valence-electron chi connectivity index (χ0n) is 16.9. The van der Waals surface area contributed by atoms with Gasteiger partial charge in [-0.2, -0.15) is 0 Å². The molecule has 0 N–H and O–H groups in total. The van der Waals surface area contributed by atoms with E-state index in [2.05, 4.69) is 36.6 Å². The monoisotopic (exact) mass is 410 g/mol. The van der Waals surface area contributed by atoms with Crippen molar-refractivity contribution in [3.05, 3.63) is 63.8 Å². The van der Waals surface area contributed by atoms with Crippen LogP contribution in [0, 0.1) is 6.92 Å². The topological polar surface area (TPSA) is 60.1 Å². The van der Waals surface area contributed by atoms with Crippen molar-refractivity contribution >= 4 is 17.2 Å². The maximum Gasteiger partial charge on any atom is 0.328 e. The molecule has 3 heterocycles. The number of carbonyl (C=O) groups is 1.